The second-order valence-corrected chi connectivity index (χ2v) is 14.5. The lowest BCUT2D eigenvalue weighted by Gasteiger charge is -2.25. The Morgan fingerprint density at radius 3 is 1.06 bits per heavy atom. The average Bonchev–Trinajstić information content (AvgIpc) is 3.08. The van der Waals surface area contributed by atoms with Gasteiger partial charge in [0.2, 0.25) is 0 Å². The van der Waals surface area contributed by atoms with Gasteiger partial charge in [0, 0.05) is 17.9 Å². The first kappa shape index (κ1) is 44.8. The van der Waals surface area contributed by atoms with Crippen molar-refractivity contribution in [3.8, 4) is 0 Å². The average molecular weight is 970 g/mol. The highest BCUT2D eigenvalue weighted by Crippen LogP contribution is 2.37. The summed E-state index contributed by atoms with van der Waals surface area (Å²) in [7, 11) is 0. The molecule has 278 valence electrons. The van der Waals surface area contributed by atoms with Crippen molar-refractivity contribution in [3.63, 3.8) is 0 Å². The lowest BCUT2D eigenvalue weighted by Crippen LogP contribution is -2.29. The highest BCUT2D eigenvalue weighted by molar-refractivity contribution is 9.11. The van der Waals surface area contributed by atoms with E-state index in [4.69, 9.17) is 18.9 Å². The highest BCUT2D eigenvalue weighted by atomic mass is 79.9. The van der Waals surface area contributed by atoms with Gasteiger partial charge in [-0.25, -0.2) is 0 Å². The zero-order valence-corrected chi connectivity index (χ0v) is 35.8. The fraction of sp³-hybridized carbons (Fsp3) is 0.300. The van der Waals surface area contributed by atoms with Crippen LogP contribution in [0.5, 0.6) is 0 Å². The van der Waals surface area contributed by atoms with E-state index in [1.807, 2.05) is 97.1 Å². The Morgan fingerprint density at radius 1 is 0.462 bits per heavy atom. The first-order valence-electron chi connectivity index (χ1n) is 16.6. The third kappa shape index (κ3) is 16.6. The molecule has 0 aliphatic rings. The number of ether oxygens (including phenoxy) is 4. The summed E-state index contributed by atoms with van der Waals surface area (Å²) in [5.41, 5.74) is 3.31. The number of carbonyl (C=O) groups excluding carboxylic acids is 4. The fourth-order valence-electron chi connectivity index (χ4n) is 4.84. The second-order valence-electron chi connectivity index (χ2n) is 10.8. The van der Waals surface area contributed by atoms with Crippen molar-refractivity contribution < 1.29 is 38.1 Å². The van der Waals surface area contributed by atoms with Crippen LogP contribution >= 0.6 is 63.7 Å². The monoisotopic (exact) mass is 966 g/mol. The predicted molar refractivity (Wildman–Crippen MR) is 216 cm³/mol. The van der Waals surface area contributed by atoms with E-state index in [0.29, 0.717) is 37.2 Å². The Kier molecular flexibility index (Phi) is 21.4. The maximum absolute atomic E-state index is 12.8. The highest BCUT2D eigenvalue weighted by Gasteiger charge is 2.38. The Balaban J connectivity index is 0.000000301. The molecule has 0 saturated carbocycles. The lowest BCUT2D eigenvalue weighted by molar-refractivity contribution is -0.153. The van der Waals surface area contributed by atoms with Gasteiger partial charge in [-0.2, -0.15) is 0 Å². The first-order valence-corrected chi connectivity index (χ1v) is 19.7. The summed E-state index contributed by atoms with van der Waals surface area (Å²) in [6, 6.07) is 30.0. The van der Waals surface area contributed by atoms with Gasteiger partial charge in [0.25, 0.3) is 0 Å². The van der Waals surface area contributed by atoms with E-state index in [-0.39, 0.29) is 25.2 Å². The summed E-state index contributed by atoms with van der Waals surface area (Å²) in [6.07, 6.45) is 0.681. The van der Waals surface area contributed by atoms with Crippen LogP contribution < -0.4 is 0 Å². The standard InChI is InChI=1S/C20H20Br2O4.2C10H11BrO2/c1-3-25-19(23)17(13-7-5-9-15(21)11-13)18(20(24)26-4-2)14-8-6-10-16(22)12-14;2*1-2-13-10(12)7-8-4-3-5-9(11)6-8/h5-12,17-18H,3-4H2,1-2H3;2*3-6H,2,7H2,1H3. The molecule has 0 radical (unpaired) electrons. The van der Waals surface area contributed by atoms with E-state index in [1.165, 1.54) is 0 Å². The van der Waals surface area contributed by atoms with Crippen molar-refractivity contribution in [1.82, 2.24) is 0 Å². The van der Waals surface area contributed by atoms with Crippen molar-refractivity contribution in [2.75, 3.05) is 26.4 Å². The van der Waals surface area contributed by atoms with E-state index in [1.54, 1.807) is 27.7 Å². The van der Waals surface area contributed by atoms with Gasteiger partial charge in [-0.05, 0) is 98.5 Å². The smallest absolute Gasteiger partial charge is 0.314 e. The lowest BCUT2D eigenvalue weighted by atomic mass is 9.81. The van der Waals surface area contributed by atoms with Crippen LogP contribution in [-0.2, 0) is 51.0 Å². The molecule has 0 aliphatic heterocycles. The van der Waals surface area contributed by atoms with E-state index in [2.05, 4.69) is 63.7 Å². The third-order valence-electron chi connectivity index (χ3n) is 6.92. The quantitative estimate of drug-likeness (QED) is 0.0964. The molecule has 2 atom stereocenters. The van der Waals surface area contributed by atoms with Crippen LogP contribution in [-0.4, -0.2) is 50.3 Å². The van der Waals surface area contributed by atoms with Crippen LogP contribution in [0.3, 0.4) is 0 Å². The normalized spacial score (nSPS) is 11.3. The first-order chi connectivity index (χ1) is 24.9. The van der Waals surface area contributed by atoms with Gasteiger partial charge in [0.1, 0.15) is 0 Å². The summed E-state index contributed by atoms with van der Waals surface area (Å²) in [5, 5.41) is 0. The van der Waals surface area contributed by atoms with E-state index in [9.17, 15) is 19.2 Å². The summed E-state index contributed by atoms with van der Waals surface area (Å²) >= 11 is 13.5. The predicted octanol–water partition coefficient (Wildman–Crippen LogP) is 10.3. The zero-order valence-electron chi connectivity index (χ0n) is 29.4. The van der Waals surface area contributed by atoms with Gasteiger partial charge < -0.3 is 18.9 Å². The molecule has 0 fully saturated rings. The van der Waals surface area contributed by atoms with Gasteiger partial charge in [0.05, 0.1) is 51.1 Å². The van der Waals surface area contributed by atoms with Crippen LogP contribution in [0.15, 0.2) is 115 Å². The molecular formula is C40H42Br4O8. The summed E-state index contributed by atoms with van der Waals surface area (Å²) in [5.74, 6) is -2.88. The molecule has 0 bridgehead atoms. The van der Waals surface area contributed by atoms with Crippen LogP contribution in [0.25, 0.3) is 0 Å². The van der Waals surface area contributed by atoms with Crippen molar-refractivity contribution in [2.45, 2.75) is 52.4 Å². The molecule has 0 amide bonds. The molecular weight excluding hydrogens is 928 g/mol. The van der Waals surface area contributed by atoms with Crippen molar-refractivity contribution in [2.24, 2.45) is 0 Å². The molecule has 0 heterocycles. The van der Waals surface area contributed by atoms with Crippen molar-refractivity contribution in [1.29, 1.82) is 0 Å². The van der Waals surface area contributed by atoms with Crippen LogP contribution in [0, 0.1) is 0 Å². The van der Waals surface area contributed by atoms with Gasteiger partial charge in [-0.1, -0.05) is 112 Å². The SMILES string of the molecule is CCOC(=O)C(c1cccc(Br)c1)C(C(=O)OCC)c1cccc(Br)c1.CCOC(=O)Cc1cccc(Br)c1.CCOC(=O)Cc1cccc(Br)c1. The molecule has 12 heteroatoms. The molecule has 0 saturated heterocycles. The van der Waals surface area contributed by atoms with Gasteiger partial charge in [0.15, 0.2) is 0 Å². The summed E-state index contributed by atoms with van der Waals surface area (Å²) in [6.45, 7) is 8.44. The molecule has 4 aromatic rings. The molecule has 4 aromatic carbocycles. The Labute approximate surface area is 339 Å². The minimum atomic E-state index is -0.805. The molecule has 0 aliphatic carbocycles. The van der Waals surface area contributed by atoms with Gasteiger partial charge >= 0.3 is 23.9 Å². The van der Waals surface area contributed by atoms with Crippen LogP contribution in [0.2, 0.25) is 0 Å². The number of hydrogen-bond donors (Lipinski definition) is 0. The third-order valence-corrected chi connectivity index (χ3v) is 8.89. The zero-order chi connectivity index (χ0) is 38.5. The Hall–Kier alpha value is -3.32. The van der Waals surface area contributed by atoms with Crippen LogP contribution in [0.4, 0.5) is 0 Å². The van der Waals surface area contributed by atoms with E-state index in [0.717, 1.165) is 29.0 Å². The maximum Gasteiger partial charge on any atom is 0.314 e. The number of rotatable bonds is 13. The minimum absolute atomic E-state index is 0.180. The van der Waals surface area contributed by atoms with Crippen molar-refractivity contribution in [3.05, 3.63) is 137 Å². The number of esters is 4. The molecule has 8 nitrogen and oxygen atoms in total. The maximum atomic E-state index is 12.8. The minimum Gasteiger partial charge on any atom is -0.466 e. The van der Waals surface area contributed by atoms with E-state index < -0.39 is 23.8 Å². The van der Waals surface area contributed by atoms with Gasteiger partial charge in [-0.15, -0.1) is 0 Å². The second kappa shape index (κ2) is 24.8. The van der Waals surface area contributed by atoms with Gasteiger partial charge in [-0.3, -0.25) is 19.2 Å². The Bertz CT molecular complexity index is 1620. The molecule has 2 unspecified atom stereocenters. The number of benzene rings is 4. The molecule has 0 aromatic heterocycles. The number of carbonyl (C=O) groups is 4. The molecule has 0 N–H and O–H groups in total. The molecule has 52 heavy (non-hydrogen) atoms. The van der Waals surface area contributed by atoms with Crippen LogP contribution in [0.1, 0.15) is 61.8 Å². The van der Waals surface area contributed by atoms with Crippen molar-refractivity contribution >= 4 is 87.6 Å². The fourth-order valence-corrected chi connectivity index (χ4v) is 6.57. The number of halogens is 4. The Morgan fingerprint density at radius 2 is 0.769 bits per heavy atom. The van der Waals surface area contributed by atoms with E-state index >= 15 is 0 Å². The largest absolute Gasteiger partial charge is 0.466 e. The number of hydrogen-bond acceptors (Lipinski definition) is 8. The molecule has 0 spiro atoms. The molecule has 4 rings (SSSR count). The summed E-state index contributed by atoms with van der Waals surface area (Å²) < 4.78 is 23.8. The topological polar surface area (TPSA) is 105 Å². The summed E-state index contributed by atoms with van der Waals surface area (Å²) in [4.78, 5) is 47.8.